The van der Waals surface area contributed by atoms with Gasteiger partial charge in [0.1, 0.15) is 17.5 Å². The fourth-order valence-electron chi connectivity index (χ4n) is 7.25. The van der Waals surface area contributed by atoms with E-state index in [9.17, 15) is 41.6 Å². The second-order valence-corrected chi connectivity index (χ2v) is 17.8. The van der Waals surface area contributed by atoms with E-state index in [4.69, 9.17) is 9.47 Å². The summed E-state index contributed by atoms with van der Waals surface area (Å²) in [7, 11) is -3.92. The van der Waals surface area contributed by atoms with Crippen molar-refractivity contribution in [2.24, 2.45) is 17.3 Å². The lowest BCUT2D eigenvalue weighted by Crippen LogP contribution is -2.46. The SMILES string of the molecule is C=CC1C[C@]1(CC(=O)[C@@H]1CC(OC(=O)N2Cc3cccc(F)c3C2)CN1C(=O)[C@H](CCC(=O)/C=C/CC)CC(=O)OC(C)(C)C)C(=O)NS(=O)(=O)C1CC1. The molecule has 2 unspecified atom stereocenters. The Morgan fingerprint density at radius 2 is 1.85 bits per heavy atom. The molecule has 1 aromatic carbocycles. The quantitative estimate of drug-likeness (QED) is 0.141. The van der Waals surface area contributed by atoms with Crippen LogP contribution in [0.2, 0.25) is 0 Å². The van der Waals surface area contributed by atoms with Crippen LogP contribution in [0.25, 0.3) is 0 Å². The van der Waals surface area contributed by atoms with Crippen LogP contribution in [0, 0.1) is 23.1 Å². The summed E-state index contributed by atoms with van der Waals surface area (Å²) < 4.78 is 53.3. The van der Waals surface area contributed by atoms with E-state index in [2.05, 4.69) is 11.3 Å². The first-order chi connectivity index (χ1) is 25.4. The number of nitrogens with zero attached hydrogens (tertiary/aromatic N) is 2. The Kier molecular flexibility index (Phi) is 12.2. The van der Waals surface area contributed by atoms with Crippen LogP contribution in [0.1, 0.15) is 96.6 Å². The average molecular weight is 772 g/mol. The Hall–Kier alpha value is -4.40. The van der Waals surface area contributed by atoms with E-state index < -0.39 is 92.2 Å². The average Bonchev–Trinajstić information content (AvgIpc) is 3.98. The molecule has 0 bridgehead atoms. The molecule has 2 heterocycles. The van der Waals surface area contributed by atoms with E-state index in [0.29, 0.717) is 30.4 Å². The molecule has 1 aromatic rings. The first-order valence-electron chi connectivity index (χ1n) is 18.5. The fraction of sp³-hybridized carbons (Fsp3) is 0.590. The maximum atomic E-state index is 14.4. The van der Waals surface area contributed by atoms with Gasteiger partial charge in [-0.25, -0.2) is 17.6 Å². The summed E-state index contributed by atoms with van der Waals surface area (Å²) in [6.45, 7) is 10.5. The number of carbonyl (C=O) groups excluding carboxylic acids is 6. The van der Waals surface area contributed by atoms with Gasteiger partial charge in [0, 0.05) is 37.3 Å². The standard InChI is InChI=1S/C39H50FN3O10S/c1-6-8-11-27(44)14-13-24(17-34(46)53-38(3,4)5)35(47)43-22-28(52-37(49)42-21-25-10-9-12-31(40)30(25)23-42)18-32(43)33(45)20-39(19-26(39)7-2)36(48)41-54(50,51)29-15-16-29/h7-12,24,26,28-29,32H,2,6,13-23H2,1,3-5H3,(H,41,48)/b11-8+/t24-,26?,28?,32+,39-/m1/s1. The number of fused-ring (bicyclic) bond motifs is 1. The zero-order valence-electron chi connectivity index (χ0n) is 31.3. The highest BCUT2D eigenvalue weighted by molar-refractivity contribution is 7.90. The van der Waals surface area contributed by atoms with Crippen molar-refractivity contribution in [3.8, 4) is 0 Å². The second-order valence-electron chi connectivity index (χ2n) is 15.8. The number of hydrogen-bond acceptors (Lipinski definition) is 10. The summed E-state index contributed by atoms with van der Waals surface area (Å²) in [4.78, 5) is 83.8. The monoisotopic (exact) mass is 771 g/mol. The highest BCUT2D eigenvalue weighted by atomic mass is 32.2. The number of allylic oxidation sites excluding steroid dienone is 3. The normalized spacial score (nSPS) is 24.1. The summed E-state index contributed by atoms with van der Waals surface area (Å²) in [5.41, 5.74) is -1.26. The third-order valence-corrected chi connectivity index (χ3v) is 12.2. The number of halogens is 1. The molecule has 4 aliphatic rings. The minimum Gasteiger partial charge on any atom is -0.460 e. The number of Topliss-reactive ketones (excluding diaryl/α,β-unsaturated/α-hetero) is 1. The fourth-order valence-corrected chi connectivity index (χ4v) is 8.63. The number of benzene rings is 1. The largest absolute Gasteiger partial charge is 0.460 e. The Morgan fingerprint density at radius 3 is 2.46 bits per heavy atom. The summed E-state index contributed by atoms with van der Waals surface area (Å²) in [5, 5.41) is -0.667. The number of carbonyl (C=O) groups is 6. The summed E-state index contributed by atoms with van der Waals surface area (Å²) in [6, 6.07) is 3.35. The molecule has 294 valence electrons. The molecular weight excluding hydrogens is 722 g/mol. The first kappa shape index (κ1) is 40.8. The number of esters is 1. The van der Waals surface area contributed by atoms with E-state index in [1.807, 2.05) is 6.92 Å². The Morgan fingerprint density at radius 1 is 1.13 bits per heavy atom. The van der Waals surface area contributed by atoms with Crippen LogP contribution in [0.3, 0.4) is 0 Å². The molecule has 54 heavy (non-hydrogen) atoms. The molecule has 5 rings (SSSR count). The number of sulfonamides is 1. The highest BCUT2D eigenvalue weighted by Gasteiger charge is 2.61. The number of amides is 3. The van der Waals surface area contributed by atoms with Gasteiger partial charge in [0.15, 0.2) is 11.6 Å². The lowest BCUT2D eigenvalue weighted by Gasteiger charge is -2.29. The zero-order valence-corrected chi connectivity index (χ0v) is 32.1. The molecule has 13 nitrogen and oxygen atoms in total. The number of ether oxygens (including phenoxy) is 2. The first-order valence-corrected chi connectivity index (χ1v) is 20.1. The molecule has 5 atom stereocenters. The number of rotatable bonds is 16. The van der Waals surface area contributed by atoms with Gasteiger partial charge < -0.3 is 14.4 Å². The molecule has 0 radical (unpaired) electrons. The van der Waals surface area contributed by atoms with Crippen LogP contribution in [-0.2, 0) is 56.6 Å². The molecular formula is C39H50FN3O10S. The Labute approximate surface area is 315 Å². The molecule has 3 amide bonds. The van der Waals surface area contributed by atoms with Crippen molar-refractivity contribution < 1.29 is 51.0 Å². The lowest BCUT2D eigenvalue weighted by atomic mass is 9.90. The molecule has 2 saturated carbocycles. The molecule has 0 aromatic heterocycles. The predicted octanol–water partition coefficient (Wildman–Crippen LogP) is 4.67. The van der Waals surface area contributed by atoms with E-state index in [0.717, 1.165) is 0 Å². The van der Waals surface area contributed by atoms with Crippen molar-refractivity contribution >= 4 is 45.5 Å². The van der Waals surface area contributed by atoms with Gasteiger partial charge in [-0.1, -0.05) is 31.2 Å². The summed E-state index contributed by atoms with van der Waals surface area (Å²) in [5.74, 6) is -4.95. The van der Waals surface area contributed by atoms with E-state index in [1.54, 1.807) is 39.0 Å². The molecule has 1 saturated heterocycles. The maximum Gasteiger partial charge on any atom is 0.410 e. The number of likely N-dealkylation sites (tertiary alicyclic amines) is 1. The van der Waals surface area contributed by atoms with Gasteiger partial charge in [-0.3, -0.25) is 33.6 Å². The van der Waals surface area contributed by atoms with Crippen molar-refractivity contribution in [1.82, 2.24) is 14.5 Å². The van der Waals surface area contributed by atoms with Crippen LogP contribution in [0.5, 0.6) is 0 Å². The van der Waals surface area contributed by atoms with Gasteiger partial charge in [0.05, 0.1) is 36.2 Å². The van der Waals surface area contributed by atoms with Gasteiger partial charge in [0.25, 0.3) is 0 Å². The Bertz CT molecular complexity index is 1830. The van der Waals surface area contributed by atoms with E-state index in [-0.39, 0.29) is 57.5 Å². The van der Waals surface area contributed by atoms with Crippen molar-refractivity contribution in [2.75, 3.05) is 6.54 Å². The minimum atomic E-state index is -3.92. The van der Waals surface area contributed by atoms with Crippen LogP contribution >= 0.6 is 0 Å². The number of hydrogen-bond donors (Lipinski definition) is 1. The molecule has 2 aliphatic heterocycles. The number of nitrogens with one attached hydrogen (secondary N) is 1. The zero-order chi connectivity index (χ0) is 39.6. The maximum absolute atomic E-state index is 14.4. The van der Waals surface area contributed by atoms with E-state index >= 15 is 0 Å². The third-order valence-electron chi connectivity index (χ3n) is 10.4. The number of ketones is 2. The van der Waals surface area contributed by atoms with Crippen molar-refractivity contribution in [3.63, 3.8) is 0 Å². The van der Waals surface area contributed by atoms with Crippen LogP contribution in [0.4, 0.5) is 9.18 Å². The van der Waals surface area contributed by atoms with Gasteiger partial charge in [-0.15, -0.1) is 6.58 Å². The van der Waals surface area contributed by atoms with Crippen LogP contribution in [-0.4, -0.2) is 83.2 Å². The van der Waals surface area contributed by atoms with E-state index in [1.165, 1.54) is 28.0 Å². The van der Waals surface area contributed by atoms with Crippen molar-refractivity contribution in [3.05, 3.63) is 60.0 Å². The second kappa shape index (κ2) is 16.1. The smallest absolute Gasteiger partial charge is 0.410 e. The molecule has 0 spiro atoms. The molecule has 15 heteroatoms. The lowest BCUT2D eigenvalue weighted by molar-refractivity contribution is -0.159. The third kappa shape index (κ3) is 9.63. The minimum absolute atomic E-state index is 0.0264. The van der Waals surface area contributed by atoms with Crippen molar-refractivity contribution in [1.29, 1.82) is 0 Å². The molecule has 1 N–H and O–H groups in total. The molecule has 2 aliphatic carbocycles. The van der Waals surface area contributed by atoms with Gasteiger partial charge in [-0.2, -0.15) is 0 Å². The highest BCUT2D eigenvalue weighted by Crippen LogP contribution is 2.57. The van der Waals surface area contributed by atoms with Gasteiger partial charge >= 0.3 is 12.1 Å². The summed E-state index contributed by atoms with van der Waals surface area (Å²) >= 11 is 0. The van der Waals surface area contributed by atoms with Crippen molar-refractivity contribution in [2.45, 2.75) is 122 Å². The molecule has 3 fully saturated rings. The topological polar surface area (TPSA) is 174 Å². The van der Waals surface area contributed by atoms with Crippen LogP contribution < -0.4 is 4.72 Å². The van der Waals surface area contributed by atoms with Gasteiger partial charge in [0.2, 0.25) is 21.8 Å². The predicted molar refractivity (Wildman–Crippen MR) is 194 cm³/mol. The van der Waals surface area contributed by atoms with Crippen LogP contribution in [0.15, 0.2) is 43.0 Å². The van der Waals surface area contributed by atoms with Gasteiger partial charge in [-0.05, 0) is 76.5 Å². The Balaban J connectivity index is 1.39. The summed E-state index contributed by atoms with van der Waals surface area (Å²) in [6.07, 6.45) is 3.46.